The number of nitrogen functional groups attached to an aromatic ring is 1. The van der Waals surface area contributed by atoms with Crippen molar-refractivity contribution < 1.29 is 4.79 Å². The number of carbonyl (C=O) groups excluding carboxylic acids is 1. The number of carbonyl (C=O) groups is 1. The van der Waals surface area contributed by atoms with E-state index in [1.807, 2.05) is 17.0 Å². The third-order valence-corrected chi connectivity index (χ3v) is 3.93. The van der Waals surface area contributed by atoms with E-state index in [1.165, 1.54) is 0 Å². The molecule has 4 nitrogen and oxygen atoms in total. The summed E-state index contributed by atoms with van der Waals surface area (Å²) in [6.07, 6.45) is 2.21. The summed E-state index contributed by atoms with van der Waals surface area (Å²) >= 11 is 0. The molecule has 1 fully saturated rings. The SMILES string of the molecule is CC(C)C1CCN(C(=O)Nc2ccc(N)cc2)CC1. The number of benzene rings is 1. The van der Waals surface area contributed by atoms with Crippen LogP contribution in [-0.4, -0.2) is 24.0 Å². The van der Waals surface area contributed by atoms with E-state index in [0.29, 0.717) is 11.6 Å². The molecule has 4 heteroatoms. The largest absolute Gasteiger partial charge is 0.399 e. The van der Waals surface area contributed by atoms with Gasteiger partial charge in [0.15, 0.2) is 0 Å². The summed E-state index contributed by atoms with van der Waals surface area (Å²) in [4.78, 5) is 14.0. The maximum atomic E-state index is 12.1. The van der Waals surface area contributed by atoms with Crippen LogP contribution in [0.5, 0.6) is 0 Å². The second kappa shape index (κ2) is 5.95. The highest BCUT2D eigenvalue weighted by molar-refractivity contribution is 5.89. The van der Waals surface area contributed by atoms with Gasteiger partial charge in [-0.25, -0.2) is 4.79 Å². The van der Waals surface area contributed by atoms with E-state index in [2.05, 4.69) is 19.2 Å². The van der Waals surface area contributed by atoms with E-state index in [-0.39, 0.29) is 6.03 Å². The van der Waals surface area contributed by atoms with Gasteiger partial charge in [-0.3, -0.25) is 0 Å². The molecule has 0 aliphatic carbocycles. The quantitative estimate of drug-likeness (QED) is 0.803. The Morgan fingerprint density at radius 3 is 2.37 bits per heavy atom. The first-order valence-corrected chi connectivity index (χ1v) is 6.97. The van der Waals surface area contributed by atoms with Crippen molar-refractivity contribution in [3.63, 3.8) is 0 Å². The average molecular weight is 261 g/mol. The fourth-order valence-electron chi connectivity index (χ4n) is 2.54. The molecule has 0 bridgehead atoms. The van der Waals surface area contributed by atoms with Crippen LogP contribution in [0.4, 0.5) is 16.2 Å². The molecule has 0 saturated carbocycles. The lowest BCUT2D eigenvalue weighted by molar-refractivity contribution is 0.167. The van der Waals surface area contributed by atoms with Crippen LogP contribution in [-0.2, 0) is 0 Å². The molecular formula is C15H23N3O. The first-order valence-electron chi connectivity index (χ1n) is 6.97. The Morgan fingerprint density at radius 2 is 1.84 bits per heavy atom. The number of amides is 2. The van der Waals surface area contributed by atoms with Crippen LogP contribution in [0.2, 0.25) is 0 Å². The van der Waals surface area contributed by atoms with Gasteiger partial charge in [0.1, 0.15) is 0 Å². The van der Waals surface area contributed by atoms with Gasteiger partial charge in [0.2, 0.25) is 0 Å². The number of nitrogens with zero attached hydrogens (tertiary/aromatic N) is 1. The normalized spacial score (nSPS) is 16.7. The molecule has 1 heterocycles. The van der Waals surface area contributed by atoms with Crippen LogP contribution in [0.1, 0.15) is 26.7 Å². The first kappa shape index (κ1) is 13.7. The molecule has 2 rings (SSSR count). The monoisotopic (exact) mass is 261 g/mol. The molecule has 0 spiro atoms. The summed E-state index contributed by atoms with van der Waals surface area (Å²) in [6, 6.07) is 7.23. The lowest BCUT2D eigenvalue weighted by Gasteiger charge is -2.33. The molecule has 1 aromatic carbocycles. The van der Waals surface area contributed by atoms with Gasteiger partial charge in [0.05, 0.1) is 0 Å². The van der Waals surface area contributed by atoms with Crippen LogP contribution in [0.3, 0.4) is 0 Å². The summed E-state index contributed by atoms with van der Waals surface area (Å²) < 4.78 is 0. The fraction of sp³-hybridized carbons (Fsp3) is 0.533. The van der Waals surface area contributed by atoms with Gasteiger partial charge < -0.3 is 16.0 Å². The predicted molar refractivity (Wildman–Crippen MR) is 79.0 cm³/mol. The maximum absolute atomic E-state index is 12.1. The van der Waals surface area contributed by atoms with Crippen molar-refractivity contribution in [2.75, 3.05) is 24.1 Å². The number of rotatable bonds is 2. The van der Waals surface area contributed by atoms with E-state index in [9.17, 15) is 4.79 Å². The molecule has 1 saturated heterocycles. The van der Waals surface area contributed by atoms with Crippen LogP contribution < -0.4 is 11.1 Å². The molecule has 1 aliphatic heterocycles. The molecule has 0 atom stereocenters. The zero-order chi connectivity index (χ0) is 13.8. The third-order valence-electron chi connectivity index (χ3n) is 3.93. The van der Waals surface area contributed by atoms with Gasteiger partial charge in [0, 0.05) is 24.5 Å². The molecule has 104 valence electrons. The van der Waals surface area contributed by atoms with Crippen molar-refractivity contribution in [2.45, 2.75) is 26.7 Å². The second-order valence-corrected chi connectivity index (χ2v) is 5.62. The minimum absolute atomic E-state index is 0.00743. The van der Waals surface area contributed by atoms with Crippen molar-refractivity contribution >= 4 is 17.4 Å². The van der Waals surface area contributed by atoms with Crippen molar-refractivity contribution in [1.29, 1.82) is 0 Å². The molecule has 0 radical (unpaired) electrons. The van der Waals surface area contributed by atoms with Gasteiger partial charge in [-0.2, -0.15) is 0 Å². The van der Waals surface area contributed by atoms with Crippen molar-refractivity contribution in [3.05, 3.63) is 24.3 Å². The number of urea groups is 1. The Labute approximate surface area is 115 Å². The van der Waals surface area contributed by atoms with E-state index >= 15 is 0 Å². The number of hydrogen-bond donors (Lipinski definition) is 2. The number of nitrogens with two attached hydrogens (primary N) is 1. The Morgan fingerprint density at radius 1 is 1.26 bits per heavy atom. The maximum Gasteiger partial charge on any atom is 0.321 e. The van der Waals surface area contributed by atoms with Gasteiger partial charge in [-0.1, -0.05) is 13.8 Å². The summed E-state index contributed by atoms with van der Waals surface area (Å²) in [5.74, 6) is 1.46. The van der Waals surface area contributed by atoms with E-state index < -0.39 is 0 Å². The minimum atomic E-state index is -0.00743. The number of anilines is 2. The molecule has 1 aromatic rings. The number of nitrogens with one attached hydrogen (secondary N) is 1. The van der Waals surface area contributed by atoms with Crippen molar-refractivity contribution in [1.82, 2.24) is 4.90 Å². The van der Waals surface area contributed by atoms with Crippen LogP contribution in [0.15, 0.2) is 24.3 Å². The van der Waals surface area contributed by atoms with Gasteiger partial charge in [-0.15, -0.1) is 0 Å². The highest BCUT2D eigenvalue weighted by Gasteiger charge is 2.24. The molecule has 0 unspecified atom stereocenters. The fourth-order valence-corrected chi connectivity index (χ4v) is 2.54. The second-order valence-electron chi connectivity index (χ2n) is 5.62. The standard InChI is InChI=1S/C15H23N3O/c1-11(2)12-7-9-18(10-8-12)15(19)17-14-5-3-13(16)4-6-14/h3-6,11-12H,7-10,16H2,1-2H3,(H,17,19). The zero-order valence-electron chi connectivity index (χ0n) is 11.7. The van der Waals surface area contributed by atoms with Gasteiger partial charge in [0.25, 0.3) is 0 Å². The molecule has 0 aromatic heterocycles. The number of likely N-dealkylation sites (tertiary alicyclic amines) is 1. The molecule has 19 heavy (non-hydrogen) atoms. The van der Waals surface area contributed by atoms with Crippen molar-refractivity contribution in [3.8, 4) is 0 Å². The third kappa shape index (κ3) is 3.63. The van der Waals surface area contributed by atoms with E-state index in [0.717, 1.165) is 37.5 Å². The highest BCUT2D eigenvalue weighted by Crippen LogP contribution is 2.24. The Hall–Kier alpha value is -1.71. The Bertz CT molecular complexity index is 420. The lowest BCUT2D eigenvalue weighted by Crippen LogP contribution is -2.41. The average Bonchev–Trinajstić information content (AvgIpc) is 2.41. The number of piperidine rings is 1. The van der Waals surface area contributed by atoms with Crippen molar-refractivity contribution in [2.24, 2.45) is 11.8 Å². The predicted octanol–water partition coefficient (Wildman–Crippen LogP) is 3.17. The van der Waals surface area contributed by atoms with Gasteiger partial charge in [-0.05, 0) is 48.9 Å². The lowest BCUT2D eigenvalue weighted by atomic mass is 9.87. The van der Waals surface area contributed by atoms with Crippen LogP contribution in [0.25, 0.3) is 0 Å². The zero-order valence-corrected chi connectivity index (χ0v) is 11.7. The summed E-state index contributed by atoms with van der Waals surface area (Å²) in [5, 5.41) is 2.91. The Balaban J connectivity index is 1.86. The number of hydrogen-bond acceptors (Lipinski definition) is 2. The molecule has 1 aliphatic rings. The van der Waals surface area contributed by atoms with Gasteiger partial charge >= 0.3 is 6.03 Å². The Kier molecular flexibility index (Phi) is 4.30. The topological polar surface area (TPSA) is 58.4 Å². The molecular weight excluding hydrogens is 238 g/mol. The van der Waals surface area contributed by atoms with Crippen LogP contribution >= 0.6 is 0 Å². The van der Waals surface area contributed by atoms with Crippen LogP contribution in [0, 0.1) is 11.8 Å². The molecule has 3 N–H and O–H groups in total. The minimum Gasteiger partial charge on any atom is -0.399 e. The summed E-state index contributed by atoms with van der Waals surface area (Å²) in [7, 11) is 0. The highest BCUT2D eigenvalue weighted by atomic mass is 16.2. The summed E-state index contributed by atoms with van der Waals surface area (Å²) in [5.41, 5.74) is 7.12. The first-order chi connectivity index (χ1) is 9.06. The van der Waals surface area contributed by atoms with E-state index in [4.69, 9.17) is 5.73 Å². The smallest absolute Gasteiger partial charge is 0.321 e. The summed E-state index contributed by atoms with van der Waals surface area (Å²) in [6.45, 7) is 6.22. The molecule has 2 amide bonds. The van der Waals surface area contributed by atoms with E-state index in [1.54, 1.807) is 12.1 Å².